The van der Waals surface area contributed by atoms with Crippen LogP contribution in [0.3, 0.4) is 0 Å². The lowest BCUT2D eigenvalue weighted by Crippen LogP contribution is -1.99. The van der Waals surface area contributed by atoms with Crippen LogP contribution in [-0.4, -0.2) is 5.11 Å². The molecule has 0 heterocycles. The summed E-state index contributed by atoms with van der Waals surface area (Å²) in [4.78, 5) is 0. The van der Waals surface area contributed by atoms with Crippen LogP contribution in [0.2, 0.25) is 0 Å². The van der Waals surface area contributed by atoms with Gasteiger partial charge < -0.3 is 5.11 Å². The number of hydrogen-bond acceptors (Lipinski definition) is 1. The van der Waals surface area contributed by atoms with Crippen LogP contribution in [0.15, 0.2) is 109 Å². The summed E-state index contributed by atoms with van der Waals surface area (Å²) in [6, 6.07) is 37.8. The summed E-state index contributed by atoms with van der Waals surface area (Å²) >= 11 is 0. The Kier molecular flexibility index (Phi) is 3.83. The Labute approximate surface area is 175 Å². The molecule has 1 heteroatoms. The Hall–Kier alpha value is -3.68. The van der Waals surface area contributed by atoms with E-state index < -0.39 is 6.10 Å². The van der Waals surface area contributed by atoms with Gasteiger partial charge in [0.25, 0.3) is 0 Å². The fraction of sp³-hybridized carbons (Fsp3) is 0.0345. The van der Waals surface area contributed by atoms with E-state index in [2.05, 4.69) is 84.9 Å². The van der Waals surface area contributed by atoms with Crippen LogP contribution in [0.1, 0.15) is 17.2 Å². The Balaban J connectivity index is 1.86. The predicted molar refractivity (Wildman–Crippen MR) is 124 cm³/mol. The summed E-state index contributed by atoms with van der Waals surface area (Å²) in [6.07, 6.45) is -0.640. The Bertz CT molecular complexity index is 1380. The van der Waals surface area contributed by atoms with E-state index in [1.165, 1.54) is 21.9 Å². The number of aliphatic hydroxyl groups is 1. The zero-order chi connectivity index (χ0) is 20.1. The first kappa shape index (κ1) is 17.2. The molecule has 30 heavy (non-hydrogen) atoms. The molecule has 1 N–H and O–H groups in total. The molecular weight excluding hydrogens is 364 g/mol. The van der Waals surface area contributed by atoms with Gasteiger partial charge in [-0.05, 0) is 49.7 Å². The second-order valence-corrected chi connectivity index (χ2v) is 7.81. The molecule has 0 amide bonds. The SMILES string of the molecule is OC1c2ccccc2-c2c1c(-c1ccccc1)c1ccccc1c2-c1ccccc1. The molecule has 0 aliphatic heterocycles. The molecule has 0 radical (unpaired) electrons. The van der Waals surface area contributed by atoms with Crippen molar-refractivity contribution >= 4 is 10.8 Å². The minimum absolute atomic E-state index is 0.640. The minimum atomic E-state index is -0.640. The molecule has 6 rings (SSSR count). The van der Waals surface area contributed by atoms with E-state index in [0.29, 0.717) is 0 Å². The van der Waals surface area contributed by atoms with E-state index in [1.807, 2.05) is 24.3 Å². The summed E-state index contributed by atoms with van der Waals surface area (Å²) in [5.41, 5.74) is 8.92. The minimum Gasteiger partial charge on any atom is -0.384 e. The maximum Gasteiger partial charge on any atom is 0.106 e. The van der Waals surface area contributed by atoms with Crippen molar-refractivity contribution in [3.05, 3.63) is 120 Å². The molecule has 0 spiro atoms. The van der Waals surface area contributed by atoms with E-state index in [1.54, 1.807) is 0 Å². The Morgan fingerprint density at radius 3 is 1.63 bits per heavy atom. The maximum absolute atomic E-state index is 11.5. The smallest absolute Gasteiger partial charge is 0.106 e. The molecule has 142 valence electrons. The third kappa shape index (κ3) is 2.39. The molecule has 0 bridgehead atoms. The highest BCUT2D eigenvalue weighted by molar-refractivity contribution is 6.14. The highest BCUT2D eigenvalue weighted by Gasteiger charge is 2.34. The average molecular weight is 384 g/mol. The van der Waals surface area contributed by atoms with Gasteiger partial charge in [-0.15, -0.1) is 0 Å². The van der Waals surface area contributed by atoms with Gasteiger partial charge in [0.2, 0.25) is 0 Å². The van der Waals surface area contributed by atoms with E-state index in [4.69, 9.17) is 0 Å². The quantitative estimate of drug-likeness (QED) is 0.340. The number of fused-ring (bicyclic) bond motifs is 4. The predicted octanol–water partition coefficient (Wildman–Crippen LogP) is 7.24. The maximum atomic E-state index is 11.5. The van der Waals surface area contributed by atoms with Crippen LogP contribution in [0.5, 0.6) is 0 Å². The van der Waals surface area contributed by atoms with Gasteiger partial charge in [0.15, 0.2) is 0 Å². The lowest BCUT2D eigenvalue weighted by Gasteiger charge is -2.20. The van der Waals surface area contributed by atoms with Crippen molar-refractivity contribution in [3.8, 4) is 33.4 Å². The van der Waals surface area contributed by atoms with Gasteiger partial charge in [0.05, 0.1) is 0 Å². The molecular formula is C29H20O. The fourth-order valence-electron chi connectivity index (χ4n) is 4.95. The van der Waals surface area contributed by atoms with E-state index in [9.17, 15) is 5.11 Å². The van der Waals surface area contributed by atoms with Crippen molar-refractivity contribution in [2.24, 2.45) is 0 Å². The van der Waals surface area contributed by atoms with E-state index >= 15 is 0 Å². The van der Waals surface area contributed by atoms with Crippen LogP contribution < -0.4 is 0 Å². The third-order valence-electron chi connectivity index (χ3n) is 6.18. The van der Waals surface area contributed by atoms with Crippen LogP contribution in [0.4, 0.5) is 0 Å². The highest BCUT2D eigenvalue weighted by Crippen LogP contribution is 2.54. The largest absolute Gasteiger partial charge is 0.384 e. The molecule has 1 nitrogen and oxygen atoms in total. The van der Waals surface area contributed by atoms with Crippen molar-refractivity contribution in [1.29, 1.82) is 0 Å². The fourth-order valence-corrected chi connectivity index (χ4v) is 4.95. The van der Waals surface area contributed by atoms with E-state index in [0.717, 1.165) is 33.4 Å². The van der Waals surface area contributed by atoms with Gasteiger partial charge >= 0.3 is 0 Å². The van der Waals surface area contributed by atoms with Gasteiger partial charge in [-0.2, -0.15) is 0 Å². The van der Waals surface area contributed by atoms with Crippen LogP contribution >= 0.6 is 0 Å². The number of hydrogen-bond donors (Lipinski definition) is 1. The Morgan fingerprint density at radius 2 is 0.967 bits per heavy atom. The second kappa shape index (κ2) is 6.69. The first-order valence-electron chi connectivity index (χ1n) is 10.3. The number of aliphatic hydroxyl groups excluding tert-OH is 1. The van der Waals surface area contributed by atoms with Crippen molar-refractivity contribution in [2.75, 3.05) is 0 Å². The number of rotatable bonds is 2. The molecule has 1 unspecified atom stereocenters. The summed E-state index contributed by atoms with van der Waals surface area (Å²) < 4.78 is 0. The van der Waals surface area contributed by atoms with Crippen LogP contribution in [0, 0.1) is 0 Å². The summed E-state index contributed by atoms with van der Waals surface area (Å²) in [7, 11) is 0. The van der Waals surface area contributed by atoms with Crippen LogP contribution in [0.25, 0.3) is 44.2 Å². The standard InChI is InChI=1S/C29H20O/c30-29-24-18-10-9-17-23(24)27-25(19-11-3-1-4-12-19)21-15-7-8-16-22(21)26(28(27)29)20-13-5-2-6-14-20/h1-18,29-30H. The van der Waals surface area contributed by atoms with Crippen LogP contribution in [-0.2, 0) is 0 Å². The summed E-state index contributed by atoms with van der Waals surface area (Å²) in [5, 5.41) is 13.9. The number of benzene rings is 5. The van der Waals surface area contributed by atoms with Crippen molar-refractivity contribution in [2.45, 2.75) is 6.10 Å². The zero-order valence-corrected chi connectivity index (χ0v) is 16.4. The van der Waals surface area contributed by atoms with E-state index in [-0.39, 0.29) is 0 Å². The van der Waals surface area contributed by atoms with Gasteiger partial charge in [-0.3, -0.25) is 0 Å². The molecule has 0 saturated carbocycles. The topological polar surface area (TPSA) is 20.2 Å². The molecule has 1 aliphatic rings. The molecule has 5 aromatic rings. The molecule has 0 saturated heterocycles. The van der Waals surface area contributed by atoms with Gasteiger partial charge in [0.1, 0.15) is 6.10 Å². The van der Waals surface area contributed by atoms with Crippen molar-refractivity contribution in [1.82, 2.24) is 0 Å². The Morgan fingerprint density at radius 1 is 0.467 bits per heavy atom. The summed E-state index contributed by atoms with van der Waals surface area (Å²) in [5.74, 6) is 0. The third-order valence-corrected chi connectivity index (χ3v) is 6.18. The van der Waals surface area contributed by atoms with Gasteiger partial charge in [-0.1, -0.05) is 109 Å². The zero-order valence-electron chi connectivity index (χ0n) is 16.4. The second-order valence-electron chi connectivity index (χ2n) is 7.81. The normalized spacial score (nSPS) is 14.5. The monoisotopic (exact) mass is 384 g/mol. The summed E-state index contributed by atoms with van der Waals surface area (Å²) in [6.45, 7) is 0. The van der Waals surface area contributed by atoms with Crippen molar-refractivity contribution < 1.29 is 5.11 Å². The van der Waals surface area contributed by atoms with Gasteiger partial charge in [0, 0.05) is 5.56 Å². The lowest BCUT2D eigenvalue weighted by atomic mass is 9.83. The first-order valence-corrected chi connectivity index (χ1v) is 10.3. The molecule has 0 aromatic heterocycles. The highest BCUT2D eigenvalue weighted by atomic mass is 16.3. The molecule has 1 aliphatic carbocycles. The molecule has 1 atom stereocenters. The van der Waals surface area contributed by atoms with Gasteiger partial charge in [-0.25, -0.2) is 0 Å². The van der Waals surface area contributed by atoms with Crippen molar-refractivity contribution in [3.63, 3.8) is 0 Å². The molecule has 5 aromatic carbocycles. The average Bonchev–Trinajstić information content (AvgIpc) is 3.11. The first-order chi connectivity index (χ1) is 14.8. The molecule has 0 fully saturated rings. The lowest BCUT2D eigenvalue weighted by molar-refractivity contribution is 0.226.